The Kier molecular flexibility index (Phi) is 3.81. The summed E-state index contributed by atoms with van der Waals surface area (Å²) >= 11 is 0.896. The Labute approximate surface area is 114 Å². The summed E-state index contributed by atoms with van der Waals surface area (Å²) < 4.78 is 17.0. The van der Waals surface area contributed by atoms with E-state index < -0.39 is 22.3 Å². The van der Waals surface area contributed by atoms with Crippen LogP contribution in [0.4, 0.5) is 20.8 Å². The summed E-state index contributed by atoms with van der Waals surface area (Å²) in [5.74, 6) is 3.35. The van der Waals surface area contributed by atoms with E-state index in [0.717, 1.165) is 17.6 Å². The van der Waals surface area contributed by atoms with Gasteiger partial charge in [-0.25, -0.2) is 4.39 Å². The number of nitrogens with zero attached hydrogens (tertiary/aromatic N) is 3. The number of hydrogen-bond donors (Lipinski definition) is 3. The highest BCUT2D eigenvalue weighted by molar-refractivity contribution is 7.10. The van der Waals surface area contributed by atoms with E-state index in [4.69, 9.17) is 5.84 Å². The molecule has 0 aliphatic carbocycles. The molecule has 9 nitrogen and oxygen atoms in total. The normalized spacial score (nSPS) is 10.1. The zero-order chi connectivity index (χ0) is 14.7. The summed E-state index contributed by atoms with van der Waals surface area (Å²) in [6.07, 6.45) is 1.28. The molecule has 104 valence electrons. The number of hydrazine groups is 1. The maximum Gasteiger partial charge on any atom is 0.285 e. The molecule has 0 saturated carbocycles. The molecule has 0 radical (unpaired) electrons. The molecule has 0 aliphatic rings. The lowest BCUT2D eigenvalue weighted by molar-refractivity contribution is -0.385. The van der Waals surface area contributed by atoms with Crippen molar-refractivity contribution < 1.29 is 14.1 Å². The SMILES string of the molecule is NNc1cc(C(=O)Nc2cnns2)c([N+](=O)[O-])cc1F. The average Bonchev–Trinajstić information content (AvgIpc) is 2.90. The Bertz CT molecular complexity index is 662. The van der Waals surface area contributed by atoms with E-state index in [9.17, 15) is 19.3 Å². The van der Waals surface area contributed by atoms with Gasteiger partial charge in [0.15, 0.2) is 5.82 Å². The topological polar surface area (TPSA) is 136 Å². The number of nitro groups is 1. The number of rotatable bonds is 4. The van der Waals surface area contributed by atoms with E-state index in [-0.39, 0.29) is 11.3 Å². The van der Waals surface area contributed by atoms with Crippen LogP contribution in [0.15, 0.2) is 18.3 Å². The van der Waals surface area contributed by atoms with Gasteiger partial charge >= 0.3 is 0 Å². The minimum atomic E-state index is -0.935. The molecule has 0 unspecified atom stereocenters. The number of benzene rings is 1. The monoisotopic (exact) mass is 298 g/mol. The number of carbonyl (C=O) groups excluding carboxylic acids is 1. The smallest absolute Gasteiger partial charge is 0.285 e. The maximum atomic E-state index is 13.4. The fourth-order valence-corrected chi connectivity index (χ4v) is 1.82. The third kappa shape index (κ3) is 2.67. The van der Waals surface area contributed by atoms with Crippen molar-refractivity contribution in [1.29, 1.82) is 0 Å². The molecule has 0 aliphatic heterocycles. The van der Waals surface area contributed by atoms with Crippen molar-refractivity contribution in [3.8, 4) is 0 Å². The van der Waals surface area contributed by atoms with Crippen molar-refractivity contribution in [3.05, 3.63) is 39.8 Å². The number of nitrogens with two attached hydrogens (primary N) is 1. The van der Waals surface area contributed by atoms with Crippen LogP contribution in [0.2, 0.25) is 0 Å². The summed E-state index contributed by atoms with van der Waals surface area (Å²) in [6, 6.07) is 1.58. The van der Waals surface area contributed by atoms with Gasteiger partial charge in [-0.3, -0.25) is 20.8 Å². The van der Waals surface area contributed by atoms with E-state index in [2.05, 4.69) is 14.9 Å². The molecule has 0 atom stereocenters. The Balaban J connectivity index is 2.42. The molecule has 11 heteroatoms. The highest BCUT2D eigenvalue weighted by atomic mass is 32.1. The number of nitrogens with one attached hydrogen (secondary N) is 2. The van der Waals surface area contributed by atoms with Crippen molar-refractivity contribution in [1.82, 2.24) is 9.59 Å². The summed E-state index contributed by atoms with van der Waals surface area (Å²) in [5.41, 5.74) is 0.777. The fraction of sp³-hybridized carbons (Fsp3) is 0. The molecule has 1 heterocycles. The second-order valence-electron chi connectivity index (χ2n) is 3.49. The number of hydrogen-bond acceptors (Lipinski definition) is 8. The van der Waals surface area contributed by atoms with Gasteiger partial charge in [-0.2, -0.15) is 0 Å². The highest BCUT2D eigenvalue weighted by Gasteiger charge is 2.24. The zero-order valence-corrected chi connectivity index (χ0v) is 10.5. The molecule has 0 bridgehead atoms. The predicted octanol–water partition coefficient (Wildman–Crippen LogP) is 1.12. The minimum Gasteiger partial charge on any atom is -0.321 e. The van der Waals surface area contributed by atoms with Gasteiger partial charge in [0.25, 0.3) is 11.6 Å². The lowest BCUT2D eigenvalue weighted by atomic mass is 10.1. The first kappa shape index (κ1) is 13.8. The summed E-state index contributed by atoms with van der Waals surface area (Å²) in [6.45, 7) is 0. The van der Waals surface area contributed by atoms with Gasteiger partial charge in [0.1, 0.15) is 10.6 Å². The lowest BCUT2D eigenvalue weighted by Gasteiger charge is -2.07. The van der Waals surface area contributed by atoms with Gasteiger partial charge in [-0.15, -0.1) is 5.10 Å². The van der Waals surface area contributed by atoms with Gasteiger partial charge in [0.05, 0.1) is 22.9 Å². The number of carbonyl (C=O) groups is 1. The molecule has 0 spiro atoms. The van der Waals surface area contributed by atoms with Crippen LogP contribution in [0.25, 0.3) is 0 Å². The summed E-state index contributed by atoms with van der Waals surface area (Å²) in [7, 11) is 0. The Morgan fingerprint density at radius 3 is 2.80 bits per heavy atom. The van der Waals surface area contributed by atoms with Crippen LogP contribution in [0.1, 0.15) is 10.4 Å². The number of amides is 1. The standard InChI is InChI=1S/C9H7FN6O3S/c10-5-2-7(16(18)19)4(1-6(5)14-11)9(17)13-8-3-12-15-20-8/h1-3,14H,11H2,(H,13,17). The average molecular weight is 298 g/mol. The van der Waals surface area contributed by atoms with Gasteiger partial charge < -0.3 is 10.7 Å². The number of anilines is 2. The van der Waals surface area contributed by atoms with E-state index in [0.29, 0.717) is 11.1 Å². The van der Waals surface area contributed by atoms with E-state index in [1.807, 2.05) is 5.43 Å². The second kappa shape index (κ2) is 5.54. The van der Waals surface area contributed by atoms with Crippen LogP contribution >= 0.6 is 11.5 Å². The van der Waals surface area contributed by atoms with E-state index in [1.54, 1.807) is 0 Å². The van der Waals surface area contributed by atoms with E-state index >= 15 is 0 Å². The quantitative estimate of drug-likeness (QED) is 0.437. The molecular weight excluding hydrogens is 291 g/mol. The highest BCUT2D eigenvalue weighted by Crippen LogP contribution is 2.26. The molecule has 0 fully saturated rings. The van der Waals surface area contributed by atoms with Gasteiger partial charge in [0.2, 0.25) is 0 Å². The molecule has 1 amide bonds. The molecule has 1 aromatic carbocycles. The Morgan fingerprint density at radius 1 is 1.50 bits per heavy atom. The van der Waals surface area contributed by atoms with Gasteiger partial charge in [-0.1, -0.05) is 4.49 Å². The van der Waals surface area contributed by atoms with Crippen molar-refractivity contribution in [2.45, 2.75) is 0 Å². The number of aromatic nitrogens is 2. The van der Waals surface area contributed by atoms with Gasteiger partial charge in [0, 0.05) is 11.5 Å². The number of nitrogen functional groups attached to an aromatic ring is 1. The largest absolute Gasteiger partial charge is 0.321 e. The first-order valence-electron chi connectivity index (χ1n) is 5.06. The molecule has 0 saturated heterocycles. The van der Waals surface area contributed by atoms with Crippen molar-refractivity contribution in [3.63, 3.8) is 0 Å². The van der Waals surface area contributed by atoms with Crippen LogP contribution in [0, 0.1) is 15.9 Å². The number of halogens is 1. The molecular formula is C9H7FN6O3S. The molecule has 2 rings (SSSR count). The zero-order valence-electron chi connectivity index (χ0n) is 9.66. The third-order valence-corrected chi connectivity index (χ3v) is 2.86. The minimum absolute atomic E-state index is 0.233. The lowest BCUT2D eigenvalue weighted by Crippen LogP contribution is -2.16. The van der Waals surface area contributed by atoms with Crippen LogP contribution in [0.5, 0.6) is 0 Å². The predicted molar refractivity (Wildman–Crippen MR) is 68.7 cm³/mol. The first-order chi connectivity index (χ1) is 9.52. The molecule has 1 aromatic heterocycles. The summed E-state index contributed by atoms with van der Waals surface area (Å²) in [5, 5.41) is 17.0. The maximum absolute atomic E-state index is 13.4. The van der Waals surface area contributed by atoms with Crippen LogP contribution in [-0.2, 0) is 0 Å². The van der Waals surface area contributed by atoms with Gasteiger partial charge in [-0.05, 0) is 6.07 Å². The van der Waals surface area contributed by atoms with Crippen LogP contribution in [-0.4, -0.2) is 20.4 Å². The van der Waals surface area contributed by atoms with E-state index in [1.165, 1.54) is 6.20 Å². The third-order valence-electron chi connectivity index (χ3n) is 2.28. The van der Waals surface area contributed by atoms with Crippen LogP contribution < -0.4 is 16.6 Å². The first-order valence-corrected chi connectivity index (χ1v) is 5.83. The molecule has 2 aromatic rings. The fourth-order valence-electron chi connectivity index (χ4n) is 1.41. The van der Waals surface area contributed by atoms with Crippen LogP contribution in [0.3, 0.4) is 0 Å². The van der Waals surface area contributed by atoms with Crippen molar-refractivity contribution in [2.24, 2.45) is 5.84 Å². The molecule has 4 N–H and O–H groups in total. The molecule has 20 heavy (non-hydrogen) atoms. The van der Waals surface area contributed by atoms with Crippen molar-refractivity contribution >= 4 is 33.8 Å². The number of nitro benzene ring substituents is 1. The summed E-state index contributed by atoms with van der Waals surface area (Å²) in [4.78, 5) is 22.0. The Hall–Kier alpha value is -2.66. The second-order valence-corrected chi connectivity index (χ2v) is 4.27. The Morgan fingerprint density at radius 2 is 2.25 bits per heavy atom. The van der Waals surface area contributed by atoms with Crippen molar-refractivity contribution in [2.75, 3.05) is 10.7 Å².